The van der Waals surface area contributed by atoms with E-state index in [1.165, 1.54) is 0 Å². The molecular weight excluding hydrogens is 290 g/mol. The number of unbranched alkanes of at least 4 members (excludes halogenated alkanes) is 1. The quantitative estimate of drug-likeness (QED) is 0.545. The fraction of sp³-hybridized carbons (Fsp3) is 0.500. The van der Waals surface area contributed by atoms with Crippen LogP contribution in [0.3, 0.4) is 0 Å². The Kier molecular flexibility index (Phi) is 44.1. The third kappa shape index (κ3) is 79.8. The molecule has 0 fully saturated rings. The second kappa shape index (κ2) is 24.9. The number of rotatable bonds is 1. The molecule has 0 unspecified atom stereocenters. The summed E-state index contributed by atoms with van der Waals surface area (Å²) in [5.74, 6) is 2.52. The van der Waals surface area contributed by atoms with Gasteiger partial charge in [0.1, 0.15) is 0 Å². The maximum atomic E-state index is 8.53. The fourth-order valence-electron chi connectivity index (χ4n) is 0.144. The number of hydrogen-bond acceptors (Lipinski definition) is 2. The summed E-state index contributed by atoms with van der Waals surface area (Å²) in [6, 6.07) is 0. The van der Waals surface area contributed by atoms with Crippen molar-refractivity contribution in [3.63, 3.8) is 0 Å². The topological polar surface area (TPSA) is 34.1 Å². The Labute approximate surface area is 64.8 Å². The van der Waals surface area contributed by atoms with Crippen molar-refractivity contribution in [2.45, 2.75) is 19.8 Å². The summed E-state index contributed by atoms with van der Waals surface area (Å²) < 4.78 is 17.1. The maximum absolute atomic E-state index is 8.53. The van der Waals surface area contributed by atoms with Crippen LogP contribution >= 0.6 is 0 Å². The van der Waals surface area contributed by atoms with Crippen molar-refractivity contribution in [1.29, 1.82) is 0 Å². The first-order valence-electron chi connectivity index (χ1n) is 2.16. The second-order valence-corrected chi connectivity index (χ2v) is 1.47. The van der Waals surface area contributed by atoms with E-state index in [2.05, 4.69) is 12.8 Å². The van der Waals surface area contributed by atoms with E-state index in [-0.39, 0.29) is 7.43 Å². The van der Waals surface area contributed by atoms with Crippen molar-refractivity contribution in [3.8, 4) is 12.3 Å². The van der Waals surface area contributed by atoms with Crippen LogP contribution in [0.15, 0.2) is 0 Å². The molecule has 3 heteroatoms. The van der Waals surface area contributed by atoms with E-state index in [9.17, 15) is 0 Å². The molecule has 0 aliphatic heterocycles. The van der Waals surface area contributed by atoms with Gasteiger partial charge < -0.3 is 7.43 Å². The predicted octanol–water partition coefficient (Wildman–Crippen LogP) is 1.63. The van der Waals surface area contributed by atoms with Crippen LogP contribution in [0, 0.1) is 19.8 Å². The molecule has 55 valence electrons. The van der Waals surface area contributed by atoms with Gasteiger partial charge in [-0.3, -0.25) is 0 Å². The van der Waals surface area contributed by atoms with Crippen LogP contribution in [-0.4, -0.2) is 0 Å². The Morgan fingerprint density at radius 3 is 1.89 bits per heavy atom. The van der Waals surface area contributed by atoms with Crippen LogP contribution in [0.1, 0.15) is 19.8 Å². The Hall–Kier alpha value is -0.178. The molecule has 0 saturated heterocycles. The first-order valence-corrected chi connectivity index (χ1v) is 4.38. The predicted molar refractivity (Wildman–Crippen MR) is 31.5 cm³/mol. The van der Waals surface area contributed by atoms with Gasteiger partial charge in [-0.25, -0.2) is 0 Å². The zero-order valence-corrected chi connectivity index (χ0v) is 8.40. The Morgan fingerprint density at radius 2 is 1.89 bits per heavy atom. The average Bonchev–Trinajstić information content (AvgIpc) is 1.71. The van der Waals surface area contributed by atoms with Crippen molar-refractivity contribution >= 4 is 0 Å². The van der Waals surface area contributed by atoms with E-state index in [1.54, 1.807) is 0 Å². The van der Waals surface area contributed by atoms with Crippen LogP contribution in [0.4, 0.5) is 0 Å². The third-order valence-corrected chi connectivity index (χ3v) is 0.394. The summed E-state index contributed by atoms with van der Waals surface area (Å²) in [6.45, 7) is 2.07. The van der Waals surface area contributed by atoms with Crippen molar-refractivity contribution < 1.29 is 24.8 Å². The fourth-order valence-corrected chi connectivity index (χ4v) is 0.144. The van der Waals surface area contributed by atoms with Gasteiger partial charge in [0, 0.05) is 6.42 Å². The number of terminal acetylenes is 1. The molecule has 0 amide bonds. The van der Waals surface area contributed by atoms with E-state index in [4.69, 9.17) is 13.4 Å². The van der Waals surface area contributed by atoms with Crippen LogP contribution in [-0.2, 0) is 24.8 Å². The number of hydrogen-bond donors (Lipinski definition) is 0. The van der Waals surface area contributed by atoms with Crippen LogP contribution in [0.25, 0.3) is 0 Å². The van der Waals surface area contributed by atoms with Gasteiger partial charge in [-0.05, 0) is 6.42 Å². The Bertz CT molecular complexity index is 98.1. The molecule has 0 spiro atoms. The molecule has 2 nitrogen and oxygen atoms in total. The SMILES string of the molecule is C#CCCC.[CH3-].[O]=[Re]=[O]. The van der Waals surface area contributed by atoms with Gasteiger partial charge in [-0.15, -0.1) is 12.3 Å². The van der Waals surface area contributed by atoms with Crippen molar-refractivity contribution in [1.82, 2.24) is 0 Å². The first-order chi connectivity index (χ1) is 3.83. The van der Waals surface area contributed by atoms with Gasteiger partial charge in [-0.2, -0.15) is 0 Å². The average molecular weight is 301 g/mol. The molecule has 0 aromatic rings. The molecule has 0 N–H and O–H groups in total. The molecule has 0 saturated carbocycles. The first kappa shape index (κ1) is 15.9. The van der Waals surface area contributed by atoms with Gasteiger partial charge in [0.15, 0.2) is 0 Å². The van der Waals surface area contributed by atoms with E-state index in [1.807, 2.05) is 0 Å². The van der Waals surface area contributed by atoms with E-state index >= 15 is 0 Å². The van der Waals surface area contributed by atoms with Gasteiger partial charge in [0.25, 0.3) is 0 Å². The minimum atomic E-state index is -2.17. The van der Waals surface area contributed by atoms with Gasteiger partial charge >= 0.3 is 24.8 Å². The summed E-state index contributed by atoms with van der Waals surface area (Å²) >= 11 is -2.17. The van der Waals surface area contributed by atoms with Gasteiger partial charge in [0.05, 0.1) is 0 Å². The summed E-state index contributed by atoms with van der Waals surface area (Å²) in [6.07, 6.45) is 6.91. The monoisotopic (exact) mass is 302 g/mol. The molecule has 0 atom stereocenters. The second-order valence-electron chi connectivity index (χ2n) is 1.02. The molecular formula is C6H11O2Re-. The molecule has 0 aliphatic rings. The Balaban J connectivity index is -0.0000000800. The Morgan fingerprint density at radius 1 is 1.56 bits per heavy atom. The molecule has 0 aromatic carbocycles. The molecule has 0 radical (unpaired) electrons. The summed E-state index contributed by atoms with van der Waals surface area (Å²) in [7, 11) is 0. The zero-order valence-electron chi connectivity index (χ0n) is 5.69. The van der Waals surface area contributed by atoms with Crippen molar-refractivity contribution in [2.24, 2.45) is 0 Å². The summed E-state index contributed by atoms with van der Waals surface area (Å²) in [5.41, 5.74) is 0. The normalized spacial score (nSPS) is 4.89. The standard InChI is InChI=1S/C5H8.CH3.2O.Re/c1-3-5-4-2;;;;/h1H,4-5H2,2H3;1H3;;;/q;-1;;;. The molecule has 0 bridgehead atoms. The molecule has 0 rings (SSSR count). The van der Waals surface area contributed by atoms with Crippen LogP contribution in [0.2, 0.25) is 0 Å². The van der Waals surface area contributed by atoms with Crippen molar-refractivity contribution in [2.75, 3.05) is 0 Å². The van der Waals surface area contributed by atoms with E-state index < -0.39 is 17.9 Å². The van der Waals surface area contributed by atoms with Gasteiger partial charge in [-0.1, -0.05) is 6.92 Å². The van der Waals surface area contributed by atoms with E-state index in [0.717, 1.165) is 12.8 Å². The van der Waals surface area contributed by atoms with Gasteiger partial charge in [0.2, 0.25) is 0 Å². The summed E-state index contributed by atoms with van der Waals surface area (Å²) in [4.78, 5) is 0. The van der Waals surface area contributed by atoms with Crippen LogP contribution in [0.5, 0.6) is 0 Å². The molecule has 0 aliphatic carbocycles. The van der Waals surface area contributed by atoms with Crippen LogP contribution < -0.4 is 0 Å². The molecule has 9 heavy (non-hydrogen) atoms. The van der Waals surface area contributed by atoms with E-state index in [0.29, 0.717) is 0 Å². The minimum absolute atomic E-state index is 0. The third-order valence-electron chi connectivity index (χ3n) is 0.394. The summed E-state index contributed by atoms with van der Waals surface area (Å²) in [5, 5.41) is 0. The zero-order chi connectivity index (χ0) is 6.83. The molecule has 0 aromatic heterocycles. The molecule has 0 heterocycles. The van der Waals surface area contributed by atoms with Crippen molar-refractivity contribution in [3.05, 3.63) is 7.43 Å².